The average molecular weight is 361 g/mol. The lowest BCUT2D eigenvalue weighted by atomic mass is 10.0. The maximum absolute atomic E-state index is 12.4. The molecule has 138 valence electrons. The maximum Gasteiger partial charge on any atom is 0.267 e. The summed E-state index contributed by atoms with van der Waals surface area (Å²) < 4.78 is 5.74. The van der Waals surface area contributed by atoms with Crippen molar-refractivity contribution in [2.45, 2.75) is 32.2 Å². The van der Waals surface area contributed by atoms with Crippen molar-refractivity contribution in [2.75, 3.05) is 11.9 Å². The fraction of sp³-hybridized carbons (Fsp3) is 0.273. The van der Waals surface area contributed by atoms with Gasteiger partial charge in [0.2, 0.25) is 0 Å². The number of amides is 1. The molecule has 2 aromatic rings. The van der Waals surface area contributed by atoms with Crippen LogP contribution in [-0.2, 0) is 4.79 Å². The molecule has 0 bridgehead atoms. The number of piperidine rings is 1. The molecule has 1 aliphatic heterocycles. The van der Waals surface area contributed by atoms with Crippen molar-refractivity contribution in [3.63, 3.8) is 0 Å². The summed E-state index contributed by atoms with van der Waals surface area (Å²) in [5.41, 5.74) is 0.738. The molecule has 0 aliphatic carbocycles. The van der Waals surface area contributed by atoms with Crippen LogP contribution in [0.5, 0.6) is 11.5 Å². The van der Waals surface area contributed by atoms with Crippen molar-refractivity contribution in [3.8, 4) is 17.6 Å². The van der Waals surface area contributed by atoms with Crippen LogP contribution in [0.1, 0.15) is 26.2 Å². The Bertz CT molecular complexity index is 838. The number of carbonyl (C=O) groups excluding carboxylic acids is 1. The number of hydrogen-bond acceptors (Lipinski definition) is 4. The van der Waals surface area contributed by atoms with E-state index in [2.05, 4.69) is 17.1 Å². The quantitative estimate of drug-likeness (QED) is 0.619. The molecule has 2 aromatic carbocycles. The number of anilines is 1. The van der Waals surface area contributed by atoms with Gasteiger partial charge in [-0.3, -0.25) is 4.79 Å². The van der Waals surface area contributed by atoms with Crippen molar-refractivity contribution >= 4 is 11.6 Å². The summed E-state index contributed by atoms with van der Waals surface area (Å²) in [5.74, 6) is 1.03. The zero-order valence-corrected chi connectivity index (χ0v) is 15.4. The van der Waals surface area contributed by atoms with Gasteiger partial charge in [-0.2, -0.15) is 5.26 Å². The highest BCUT2D eigenvalue weighted by Gasteiger charge is 2.18. The predicted molar refractivity (Wildman–Crippen MR) is 105 cm³/mol. The molecule has 3 rings (SSSR count). The van der Waals surface area contributed by atoms with Crippen molar-refractivity contribution in [1.82, 2.24) is 4.90 Å². The van der Waals surface area contributed by atoms with Crippen LogP contribution < -0.4 is 10.1 Å². The van der Waals surface area contributed by atoms with E-state index in [1.807, 2.05) is 36.4 Å². The van der Waals surface area contributed by atoms with Gasteiger partial charge in [-0.1, -0.05) is 18.2 Å². The van der Waals surface area contributed by atoms with Crippen molar-refractivity contribution in [2.24, 2.45) is 0 Å². The summed E-state index contributed by atoms with van der Waals surface area (Å²) in [4.78, 5) is 14.5. The number of hydrogen-bond donors (Lipinski definition) is 1. The van der Waals surface area contributed by atoms with E-state index in [0.717, 1.165) is 25.1 Å². The highest BCUT2D eigenvalue weighted by molar-refractivity contribution is 6.06. The minimum Gasteiger partial charge on any atom is -0.457 e. The molecule has 0 aromatic heterocycles. The number of benzene rings is 2. The molecule has 1 unspecified atom stereocenters. The van der Waals surface area contributed by atoms with Gasteiger partial charge in [0, 0.05) is 24.5 Å². The van der Waals surface area contributed by atoms with Crippen molar-refractivity contribution in [1.29, 1.82) is 5.26 Å². The van der Waals surface area contributed by atoms with Gasteiger partial charge in [-0.05, 0) is 62.6 Å². The van der Waals surface area contributed by atoms with Crippen LogP contribution in [-0.4, -0.2) is 23.4 Å². The second kappa shape index (κ2) is 8.91. The second-order valence-corrected chi connectivity index (χ2v) is 6.63. The average Bonchev–Trinajstić information content (AvgIpc) is 2.69. The molecular weight excluding hydrogens is 338 g/mol. The molecule has 0 spiro atoms. The third-order valence-electron chi connectivity index (χ3n) is 4.61. The van der Waals surface area contributed by atoms with Gasteiger partial charge in [0.1, 0.15) is 23.1 Å². The van der Waals surface area contributed by atoms with Crippen LogP contribution in [0.2, 0.25) is 0 Å². The fourth-order valence-electron chi connectivity index (χ4n) is 3.05. The Kier molecular flexibility index (Phi) is 6.11. The van der Waals surface area contributed by atoms with Crippen LogP contribution in [0, 0.1) is 11.3 Å². The van der Waals surface area contributed by atoms with Gasteiger partial charge in [-0.25, -0.2) is 0 Å². The number of ether oxygens (including phenoxy) is 1. The van der Waals surface area contributed by atoms with E-state index < -0.39 is 5.91 Å². The fourth-order valence-corrected chi connectivity index (χ4v) is 3.05. The Labute approximate surface area is 159 Å². The predicted octanol–water partition coefficient (Wildman–Crippen LogP) is 4.70. The van der Waals surface area contributed by atoms with Crippen LogP contribution >= 0.6 is 0 Å². The molecular formula is C22H23N3O2. The minimum absolute atomic E-state index is 0.119. The summed E-state index contributed by atoms with van der Waals surface area (Å²) in [5, 5.41) is 12.2. The van der Waals surface area contributed by atoms with Gasteiger partial charge in [-0.15, -0.1) is 0 Å². The molecule has 1 atom stereocenters. The zero-order chi connectivity index (χ0) is 19.1. The normalized spacial score (nSPS) is 17.1. The summed E-state index contributed by atoms with van der Waals surface area (Å²) in [6.07, 6.45) is 5.05. The Morgan fingerprint density at radius 3 is 2.52 bits per heavy atom. The molecule has 1 heterocycles. The molecule has 0 radical (unpaired) electrons. The monoisotopic (exact) mass is 361 g/mol. The summed E-state index contributed by atoms with van der Waals surface area (Å²) in [6.45, 7) is 3.00. The van der Waals surface area contributed by atoms with E-state index in [0.29, 0.717) is 17.5 Å². The van der Waals surface area contributed by atoms with E-state index in [4.69, 9.17) is 4.74 Å². The standard InChI is InChI=1S/C22H23N3O2/c1-17-7-5-6-14-25(17)16-18(15-23)22(26)24-19-10-12-21(13-11-19)27-20-8-3-2-4-9-20/h2-4,8-13,16-17H,5-7,14H2,1H3,(H,24,26)/b18-16-. The molecule has 1 fully saturated rings. The SMILES string of the molecule is CC1CCCCN1/C=C(/C#N)C(=O)Nc1ccc(Oc2ccccc2)cc1. The largest absolute Gasteiger partial charge is 0.457 e. The van der Waals surface area contributed by atoms with Crippen molar-refractivity contribution < 1.29 is 9.53 Å². The molecule has 1 N–H and O–H groups in total. The molecule has 5 nitrogen and oxygen atoms in total. The first-order valence-corrected chi connectivity index (χ1v) is 9.17. The van der Waals surface area contributed by atoms with E-state index in [1.165, 1.54) is 6.42 Å². The van der Waals surface area contributed by atoms with Crippen LogP contribution in [0.4, 0.5) is 5.69 Å². The molecule has 1 saturated heterocycles. The number of para-hydroxylation sites is 1. The Morgan fingerprint density at radius 1 is 1.15 bits per heavy atom. The van der Waals surface area contributed by atoms with Crippen LogP contribution in [0.3, 0.4) is 0 Å². The van der Waals surface area contributed by atoms with Crippen LogP contribution in [0.15, 0.2) is 66.4 Å². The molecule has 5 heteroatoms. The molecule has 0 saturated carbocycles. The highest BCUT2D eigenvalue weighted by Crippen LogP contribution is 2.23. The molecule has 1 amide bonds. The minimum atomic E-state index is -0.396. The Hall–Kier alpha value is -3.26. The van der Waals surface area contributed by atoms with E-state index in [-0.39, 0.29) is 5.57 Å². The van der Waals surface area contributed by atoms with Gasteiger partial charge >= 0.3 is 0 Å². The lowest BCUT2D eigenvalue weighted by molar-refractivity contribution is -0.112. The number of nitrogens with one attached hydrogen (secondary N) is 1. The van der Waals surface area contributed by atoms with E-state index in [1.54, 1.807) is 30.5 Å². The first kappa shape index (κ1) is 18.5. The van der Waals surface area contributed by atoms with Crippen molar-refractivity contribution in [3.05, 3.63) is 66.4 Å². The zero-order valence-electron chi connectivity index (χ0n) is 15.4. The summed E-state index contributed by atoms with van der Waals surface area (Å²) in [6, 6.07) is 18.9. The lowest BCUT2D eigenvalue weighted by Crippen LogP contribution is -2.34. The first-order chi connectivity index (χ1) is 13.2. The second-order valence-electron chi connectivity index (χ2n) is 6.63. The Balaban J connectivity index is 1.63. The third-order valence-corrected chi connectivity index (χ3v) is 4.61. The number of likely N-dealkylation sites (tertiary alicyclic amines) is 1. The van der Waals surface area contributed by atoms with Gasteiger partial charge in [0.25, 0.3) is 5.91 Å². The van der Waals surface area contributed by atoms with E-state index >= 15 is 0 Å². The topological polar surface area (TPSA) is 65.4 Å². The number of carbonyl (C=O) groups is 1. The van der Waals surface area contributed by atoms with E-state index in [9.17, 15) is 10.1 Å². The number of rotatable bonds is 5. The molecule has 27 heavy (non-hydrogen) atoms. The smallest absolute Gasteiger partial charge is 0.267 e. The first-order valence-electron chi connectivity index (χ1n) is 9.17. The number of nitriles is 1. The Morgan fingerprint density at radius 2 is 1.85 bits per heavy atom. The summed E-state index contributed by atoms with van der Waals surface area (Å²) >= 11 is 0. The third kappa shape index (κ3) is 5.11. The van der Waals surface area contributed by atoms with Gasteiger partial charge in [0.15, 0.2) is 0 Å². The van der Waals surface area contributed by atoms with Gasteiger partial charge < -0.3 is 15.0 Å². The number of nitrogens with zero attached hydrogens (tertiary/aromatic N) is 2. The maximum atomic E-state index is 12.4. The van der Waals surface area contributed by atoms with Gasteiger partial charge in [0.05, 0.1) is 0 Å². The molecule has 1 aliphatic rings. The summed E-state index contributed by atoms with van der Waals surface area (Å²) in [7, 11) is 0. The lowest BCUT2D eigenvalue weighted by Gasteiger charge is -2.32. The highest BCUT2D eigenvalue weighted by atomic mass is 16.5. The van der Waals surface area contributed by atoms with Crippen LogP contribution in [0.25, 0.3) is 0 Å².